The second kappa shape index (κ2) is 11.5. The van der Waals surface area contributed by atoms with E-state index in [2.05, 4.69) is 152 Å². The van der Waals surface area contributed by atoms with E-state index >= 15 is 0 Å². The summed E-state index contributed by atoms with van der Waals surface area (Å²) in [6.07, 6.45) is 0. The molecule has 262 valence electrons. The van der Waals surface area contributed by atoms with E-state index in [-0.39, 0.29) is 0 Å². The molecule has 13 rings (SSSR count). The highest BCUT2D eigenvalue weighted by Gasteiger charge is 2.22. The molecule has 0 atom stereocenters. The van der Waals surface area contributed by atoms with Gasteiger partial charge >= 0.3 is 0 Å². The van der Waals surface area contributed by atoms with E-state index in [1.165, 1.54) is 48.5 Å². The summed E-state index contributed by atoms with van der Waals surface area (Å²) in [5.41, 5.74) is 8.49. The van der Waals surface area contributed by atoms with Crippen molar-refractivity contribution in [1.29, 1.82) is 0 Å². The molecule has 0 radical (unpaired) electrons. The summed E-state index contributed by atoms with van der Waals surface area (Å²) in [6.45, 7) is 0. The molecule has 1 aromatic heterocycles. The highest BCUT2D eigenvalue weighted by molar-refractivity contribution is 6.27. The zero-order valence-electron chi connectivity index (χ0n) is 32.7. The van der Waals surface area contributed by atoms with E-state index in [9.17, 15) is 2.74 Å². The summed E-state index contributed by atoms with van der Waals surface area (Å²) in [4.78, 5) is 0. The molecular formula is C56H32O. The normalized spacial score (nSPS) is 12.7. The summed E-state index contributed by atoms with van der Waals surface area (Å²) in [6, 6.07) is 64.9. The van der Waals surface area contributed by atoms with Gasteiger partial charge in [0.2, 0.25) is 0 Å². The number of benzene rings is 12. The molecule has 12 aromatic carbocycles. The Balaban J connectivity index is 1.23. The molecule has 0 aliphatic rings. The van der Waals surface area contributed by atoms with Gasteiger partial charge in [-0.3, -0.25) is 0 Å². The van der Waals surface area contributed by atoms with Gasteiger partial charge in [0.05, 0.1) is 2.74 Å². The van der Waals surface area contributed by atoms with E-state index in [4.69, 9.17) is 4.42 Å². The van der Waals surface area contributed by atoms with Gasteiger partial charge in [0.25, 0.3) is 0 Å². The lowest BCUT2D eigenvalue weighted by Crippen LogP contribution is -1.95. The first-order valence-electron chi connectivity index (χ1n) is 20.6. The molecule has 1 nitrogen and oxygen atoms in total. The van der Waals surface area contributed by atoms with Crippen LogP contribution in [0.15, 0.2) is 198 Å². The fourth-order valence-corrected chi connectivity index (χ4v) is 9.77. The van der Waals surface area contributed by atoms with Crippen molar-refractivity contribution in [3.8, 4) is 44.5 Å². The minimum Gasteiger partial charge on any atom is -0.456 e. The Kier molecular flexibility index (Phi) is 5.84. The third-order valence-corrected chi connectivity index (χ3v) is 12.3. The van der Waals surface area contributed by atoms with Gasteiger partial charge < -0.3 is 4.42 Å². The Hall–Kier alpha value is -7.48. The maximum absolute atomic E-state index is 10.6. The second-order valence-corrected chi connectivity index (χ2v) is 15.4. The number of para-hydroxylation sites is 1. The van der Waals surface area contributed by atoms with Gasteiger partial charge in [-0.05, 0) is 139 Å². The van der Waals surface area contributed by atoms with Crippen molar-refractivity contribution in [2.45, 2.75) is 0 Å². The van der Waals surface area contributed by atoms with Crippen molar-refractivity contribution in [3.63, 3.8) is 0 Å². The molecule has 0 saturated carbocycles. The van der Waals surface area contributed by atoms with Gasteiger partial charge in [0.15, 0.2) is 0 Å². The monoisotopic (exact) mass is 722 g/mol. The molecular weight excluding hydrogens is 689 g/mol. The van der Waals surface area contributed by atoms with E-state index < -0.39 is 0 Å². The molecule has 0 saturated heterocycles. The molecule has 13 aromatic rings. The van der Waals surface area contributed by atoms with Crippen LogP contribution in [0.2, 0.25) is 0 Å². The van der Waals surface area contributed by atoms with E-state index in [0.717, 1.165) is 77.0 Å². The third kappa shape index (κ3) is 4.40. The average molecular weight is 723 g/mol. The van der Waals surface area contributed by atoms with Crippen molar-refractivity contribution in [2.24, 2.45) is 0 Å². The number of hydrogen-bond donors (Lipinski definition) is 0. The summed E-state index contributed by atoms with van der Waals surface area (Å²) in [5, 5.41) is 16.1. The van der Waals surface area contributed by atoms with Crippen molar-refractivity contribution in [1.82, 2.24) is 0 Å². The fraction of sp³-hybridized carbons (Fsp3) is 0. The van der Waals surface area contributed by atoms with Crippen LogP contribution in [-0.2, 0) is 0 Å². The Morgan fingerprint density at radius 1 is 0.298 bits per heavy atom. The Morgan fingerprint density at radius 3 is 1.51 bits per heavy atom. The van der Waals surface area contributed by atoms with Crippen LogP contribution in [0.4, 0.5) is 0 Å². The van der Waals surface area contributed by atoms with Crippen LogP contribution < -0.4 is 0 Å². The van der Waals surface area contributed by atoms with Gasteiger partial charge in [0, 0.05) is 10.8 Å². The number of hydrogen-bond acceptors (Lipinski definition) is 1. The molecule has 0 spiro atoms. The minimum absolute atomic E-state index is 0.331. The number of fused-ring (bicyclic) bond motifs is 3. The molecule has 0 fully saturated rings. The van der Waals surface area contributed by atoms with E-state index in [1.807, 2.05) is 30.3 Å². The van der Waals surface area contributed by atoms with Crippen molar-refractivity contribution in [3.05, 3.63) is 194 Å². The zero-order valence-corrected chi connectivity index (χ0v) is 30.7. The minimum atomic E-state index is 0.331. The van der Waals surface area contributed by atoms with Gasteiger partial charge in [-0.2, -0.15) is 0 Å². The smallest absolute Gasteiger partial charge is 0.135 e. The van der Waals surface area contributed by atoms with Crippen LogP contribution in [0.1, 0.15) is 2.74 Å². The lowest BCUT2D eigenvalue weighted by Gasteiger charge is -2.22. The molecule has 0 bridgehead atoms. The standard InChI is InChI=1S/C56H32O/c1-2-8-33(9-3-1)54-47(40-24-29-51-48(30-40)44-14-4-5-15-50(44)57-51)31-41(42-25-20-38-18-16-34-10-6-12-36-22-27-45(42)55(38)52(34)36)32-49(54)43-26-21-39-19-17-35-11-7-13-37-23-28-46(43)56(39)53(35)37/h1-32H/i31D,32D. The van der Waals surface area contributed by atoms with E-state index in [0.29, 0.717) is 17.6 Å². The molecule has 57 heavy (non-hydrogen) atoms. The predicted molar refractivity (Wildman–Crippen MR) is 243 cm³/mol. The maximum Gasteiger partial charge on any atom is 0.135 e. The fourth-order valence-electron chi connectivity index (χ4n) is 9.77. The van der Waals surface area contributed by atoms with Gasteiger partial charge in [-0.1, -0.05) is 164 Å². The maximum atomic E-state index is 10.6. The SMILES string of the molecule is [2H]c1c(-c2ccc3ccc4cccc5ccc2c3c45)c([2H])c(-c2ccc3ccc4cccc5ccc2c3c45)c(-c2ccccc2)c1-c1ccc2oc3ccccc3c2c1. The topological polar surface area (TPSA) is 13.1 Å². The highest BCUT2D eigenvalue weighted by atomic mass is 16.3. The molecule has 0 N–H and O–H groups in total. The molecule has 0 aliphatic heterocycles. The predicted octanol–water partition coefficient (Wildman–Crippen LogP) is 16.0. The third-order valence-electron chi connectivity index (χ3n) is 12.3. The zero-order chi connectivity index (χ0) is 38.9. The first kappa shape index (κ1) is 28.9. The first-order chi connectivity index (χ1) is 29.1. The quantitative estimate of drug-likeness (QED) is 0.165. The van der Waals surface area contributed by atoms with Gasteiger partial charge in [-0.25, -0.2) is 0 Å². The molecule has 0 unspecified atom stereocenters. The Labute approximate surface area is 331 Å². The summed E-state index contributed by atoms with van der Waals surface area (Å²) in [5.74, 6) is 0. The van der Waals surface area contributed by atoms with Crippen LogP contribution in [-0.4, -0.2) is 0 Å². The van der Waals surface area contributed by atoms with Crippen molar-refractivity contribution >= 4 is 86.6 Å². The van der Waals surface area contributed by atoms with Crippen LogP contribution in [0.5, 0.6) is 0 Å². The number of furan rings is 1. The van der Waals surface area contributed by atoms with Crippen LogP contribution in [0.25, 0.3) is 131 Å². The van der Waals surface area contributed by atoms with Crippen LogP contribution in [0, 0.1) is 0 Å². The lowest BCUT2D eigenvalue weighted by molar-refractivity contribution is 0.669. The highest BCUT2D eigenvalue weighted by Crippen LogP contribution is 2.49. The van der Waals surface area contributed by atoms with Gasteiger partial charge in [0.1, 0.15) is 11.2 Å². The number of rotatable bonds is 4. The largest absolute Gasteiger partial charge is 0.456 e. The Bertz CT molecular complexity index is 3830. The second-order valence-electron chi connectivity index (χ2n) is 15.4. The summed E-state index contributed by atoms with van der Waals surface area (Å²) in [7, 11) is 0. The average Bonchev–Trinajstić information content (AvgIpc) is 3.66. The van der Waals surface area contributed by atoms with Crippen LogP contribution in [0.3, 0.4) is 0 Å². The summed E-state index contributed by atoms with van der Waals surface area (Å²) < 4.78 is 27.4. The van der Waals surface area contributed by atoms with E-state index in [1.54, 1.807) is 0 Å². The lowest BCUT2D eigenvalue weighted by atomic mass is 9.81. The molecule has 1 heterocycles. The van der Waals surface area contributed by atoms with Crippen LogP contribution >= 0.6 is 0 Å². The Morgan fingerprint density at radius 2 is 0.825 bits per heavy atom. The first-order valence-corrected chi connectivity index (χ1v) is 19.6. The molecule has 0 amide bonds. The van der Waals surface area contributed by atoms with Gasteiger partial charge in [-0.15, -0.1) is 0 Å². The summed E-state index contributed by atoms with van der Waals surface area (Å²) >= 11 is 0. The molecule has 0 aliphatic carbocycles. The van der Waals surface area contributed by atoms with Crippen molar-refractivity contribution < 1.29 is 7.16 Å². The van der Waals surface area contributed by atoms with Crippen molar-refractivity contribution in [2.75, 3.05) is 0 Å². The molecule has 1 heteroatoms.